The van der Waals surface area contributed by atoms with Crippen molar-refractivity contribution in [2.45, 2.75) is 46.1 Å². The fraction of sp³-hybridized carbons (Fsp3) is 0.562. The van der Waals surface area contributed by atoms with Crippen molar-refractivity contribution < 1.29 is 8.78 Å². The van der Waals surface area contributed by atoms with E-state index in [2.05, 4.69) is 25.8 Å². The molecule has 0 saturated heterocycles. The second-order valence-electron chi connectivity index (χ2n) is 5.91. The van der Waals surface area contributed by atoms with Crippen molar-refractivity contribution in [3.8, 4) is 0 Å². The lowest BCUT2D eigenvalue weighted by molar-refractivity contribution is 0.437. The Hall–Kier alpha value is -1.16. The van der Waals surface area contributed by atoms with Crippen LogP contribution in [0.5, 0.6) is 0 Å². The van der Waals surface area contributed by atoms with Gasteiger partial charge in [0.15, 0.2) is 5.82 Å². The Balaban J connectivity index is 2.49. The van der Waals surface area contributed by atoms with Crippen LogP contribution in [0.25, 0.3) is 11.0 Å². The molecule has 1 heterocycles. The molecule has 1 atom stereocenters. The van der Waals surface area contributed by atoms with Gasteiger partial charge in [-0.15, -0.1) is 11.6 Å². The smallest absolute Gasteiger partial charge is 0.153 e. The van der Waals surface area contributed by atoms with Gasteiger partial charge in [-0.1, -0.05) is 13.8 Å². The molecule has 0 saturated carbocycles. The molecule has 0 aliphatic heterocycles. The number of hydrogen-bond acceptors (Lipinski definition) is 1. The van der Waals surface area contributed by atoms with Crippen LogP contribution in [0.4, 0.5) is 8.78 Å². The van der Waals surface area contributed by atoms with E-state index in [0.29, 0.717) is 23.7 Å². The van der Waals surface area contributed by atoms with Gasteiger partial charge < -0.3 is 4.57 Å². The van der Waals surface area contributed by atoms with E-state index in [4.69, 9.17) is 11.6 Å². The van der Waals surface area contributed by atoms with E-state index in [-0.39, 0.29) is 11.6 Å². The minimum Gasteiger partial charge on any atom is -0.325 e. The second-order valence-corrected chi connectivity index (χ2v) is 6.29. The Morgan fingerprint density at radius 2 is 1.90 bits per heavy atom. The first kappa shape index (κ1) is 16.2. The van der Waals surface area contributed by atoms with Gasteiger partial charge in [-0.25, -0.2) is 13.8 Å². The van der Waals surface area contributed by atoms with Gasteiger partial charge in [0.2, 0.25) is 0 Å². The number of imidazole rings is 1. The number of alkyl halides is 1. The third-order valence-electron chi connectivity index (χ3n) is 3.71. The average Bonchev–Trinajstić information content (AvgIpc) is 2.75. The summed E-state index contributed by atoms with van der Waals surface area (Å²) in [6.07, 6.45) is 2.54. The fourth-order valence-corrected chi connectivity index (χ4v) is 2.79. The van der Waals surface area contributed by atoms with Gasteiger partial charge in [0, 0.05) is 24.4 Å². The van der Waals surface area contributed by atoms with Crippen LogP contribution in [0.2, 0.25) is 0 Å². The molecule has 2 nitrogen and oxygen atoms in total. The maximum Gasteiger partial charge on any atom is 0.153 e. The molecule has 116 valence electrons. The summed E-state index contributed by atoms with van der Waals surface area (Å²) in [6.45, 7) is 6.39. The lowest BCUT2D eigenvalue weighted by Crippen LogP contribution is -2.11. The van der Waals surface area contributed by atoms with Gasteiger partial charge in [0.05, 0.1) is 5.52 Å². The van der Waals surface area contributed by atoms with Gasteiger partial charge in [-0.3, -0.25) is 0 Å². The number of hydrogen-bond donors (Lipinski definition) is 0. The van der Waals surface area contributed by atoms with Crippen molar-refractivity contribution in [3.63, 3.8) is 0 Å². The molecule has 2 aromatic rings. The zero-order chi connectivity index (χ0) is 15.6. The van der Waals surface area contributed by atoms with Crippen molar-refractivity contribution in [1.29, 1.82) is 0 Å². The van der Waals surface area contributed by atoms with E-state index in [1.54, 1.807) is 0 Å². The lowest BCUT2D eigenvalue weighted by Gasteiger charge is -2.18. The molecule has 0 spiro atoms. The number of aryl methyl sites for hydroxylation is 1. The van der Waals surface area contributed by atoms with Gasteiger partial charge in [-0.05, 0) is 31.7 Å². The van der Waals surface area contributed by atoms with E-state index in [1.807, 2.05) is 4.57 Å². The Kier molecular flexibility index (Phi) is 5.20. The molecule has 0 aliphatic rings. The van der Waals surface area contributed by atoms with Crippen molar-refractivity contribution in [2.75, 3.05) is 5.88 Å². The Morgan fingerprint density at radius 1 is 1.19 bits per heavy atom. The maximum atomic E-state index is 13.9. The number of nitrogens with zero attached hydrogens (tertiary/aromatic N) is 2. The molecule has 5 heteroatoms. The zero-order valence-electron chi connectivity index (χ0n) is 12.7. The van der Waals surface area contributed by atoms with Crippen molar-refractivity contribution >= 4 is 22.6 Å². The molecule has 21 heavy (non-hydrogen) atoms. The first-order chi connectivity index (χ1) is 9.93. The van der Waals surface area contributed by atoms with Crippen LogP contribution in [0, 0.1) is 17.6 Å². The molecule has 0 aliphatic carbocycles. The Morgan fingerprint density at radius 3 is 2.52 bits per heavy atom. The fourth-order valence-electron chi connectivity index (χ4n) is 2.63. The summed E-state index contributed by atoms with van der Waals surface area (Å²) >= 11 is 5.82. The molecule has 0 bridgehead atoms. The minimum absolute atomic E-state index is 0.136. The molecule has 0 N–H and O–H groups in total. The third kappa shape index (κ3) is 3.54. The van der Waals surface area contributed by atoms with Gasteiger partial charge >= 0.3 is 0 Å². The summed E-state index contributed by atoms with van der Waals surface area (Å²) in [6, 6.07) is 2.37. The van der Waals surface area contributed by atoms with Crippen LogP contribution in [0.1, 0.15) is 45.5 Å². The summed E-state index contributed by atoms with van der Waals surface area (Å²) < 4.78 is 29.4. The standard InChI is InChI=1S/C16H21ClF2N2/c1-10(2)4-5-11(3)21-14-9-12(18)8-13(19)16(14)20-15(21)6-7-17/h8-11H,4-7H2,1-3H3. The molecular weight excluding hydrogens is 294 g/mol. The van der Waals surface area contributed by atoms with E-state index in [9.17, 15) is 8.78 Å². The maximum absolute atomic E-state index is 13.9. The molecule has 0 fully saturated rings. The highest BCUT2D eigenvalue weighted by atomic mass is 35.5. The topological polar surface area (TPSA) is 17.8 Å². The first-order valence-electron chi connectivity index (χ1n) is 7.35. The number of fused-ring (bicyclic) bond motifs is 1. The molecular formula is C16H21ClF2N2. The van der Waals surface area contributed by atoms with Crippen molar-refractivity contribution in [2.24, 2.45) is 5.92 Å². The summed E-state index contributed by atoms with van der Waals surface area (Å²) in [5.41, 5.74) is 0.747. The monoisotopic (exact) mass is 314 g/mol. The van der Waals surface area contributed by atoms with Crippen LogP contribution in [0.15, 0.2) is 12.1 Å². The molecule has 0 amide bonds. The summed E-state index contributed by atoms with van der Waals surface area (Å²) in [5.74, 6) is 0.530. The zero-order valence-corrected chi connectivity index (χ0v) is 13.4. The number of halogens is 3. The Bertz CT molecular complexity index is 622. The number of benzene rings is 1. The highest BCUT2D eigenvalue weighted by Gasteiger charge is 2.19. The summed E-state index contributed by atoms with van der Waals surface area (Å²) in [5, 5.41) is 0. The molecule has 1 aromatic carbocycles. The summed E-state index contributed by atoms with van der Waals surface area (Å²) in [7, 11) is 0. The van der Waals surface area contributed by atoms with E-state index < -0.39 is 11.6 Å². The van der Waals surface area contributed by atoms with Gasteiger partial charge in [0.1, 0.15) is 17.2 Å². The second kappa shape index (κ2) is 6.73. The minimum atomic E-state index is -0.615. The van der Waals surface area contributed by atoms with E-state index in [0.717, 1.165) is 24.7 Å². The molecule has 0 radical (unpaired) electrons. The van der Waals surface area contributed by atoms with Gasteiger partial charge in [0.25, 0.3) is 0 Å². The molecule has 2 rings (SSSR count). The van der Waals surface area contributed by atoms with Crippen LogP contribution in [0.3, 0.4) is 0 Å². The highest BCUT2D eigenvalue weighted by molar-refractivity contribution is 6.17. The van der Waals surface area contributed by atoms with Crippen LogP contribution in [-0.4, -0.2) is 15.4 Å². The quantitative estimate of drug-likeness (QED) is 0.679. The lowest BCUT2D eigenvalue weighted by atomic mass is 10.0. The Labute approximate surface area is 129 Å². The summed E-state index contributed by atoms with van der Waals surface area (Å²) in [4.78, 5) is 4.33. The van der Waals surface area contributed by atoms with Crippen molar-refractivity contribution in [1.82, 2.24) is 9.55 Å². The highest BCUT2D eigenvalue weighted by Crippen LogP contribution is 2.28. The third-order valence-corrected chi connectivity index (χ3v) is 3.90. The number of rotatable bonds is 6. The number of aromatic nitrogens is 2. The van der Waals surface area contributed by atoms with E-state index in [1.165, 1.54) is 6.07 Å². The first-order valence-corrected chi connectivity index (χ1v) is 7.89. The predicted octanol–water partition coefficient (Wildman–Crippen LogP) is 5.09. The normalized spacial score (nSPS) is 13.3. The van der Waals surface area contributed by atoms with Gasteiger partial charge in [-0.2, -0.15) is 0 Å². The van der Waals surface area contributed by atoms with Crippen LogP contribution < -0.4 is 0 Å². The molecule has 1 aromatic heterocycles. The molecule has 1 unspecified atom stereocenters. The van der Waals surface area contributed by atoms with E-state index >= 15 is 0 Å². The van der Waals surface area contributed by atoms with Crippen LogP contribution in [-0.2, 0) is 6.42 Å². The predicted molar refractivity (Wildman–Crippen MR) is 82.9 cm³/mol. The largest absolute Gasteiger partial charge is 0.325 e. The van der Waals surface area contributed by atoms with Crippen LogP contribution >= 0.6 is 11.6 Å². The SMILES string of the molecule is CC(C)CCC(C)n1c(CCCl)nc2c(F)cc(F)cc21. The average molecular weight is 315 g/mol. The van der Waals surface area contributed by atoms with Crippen molar-refractivity contribution in [3.05, 3.63) is 29.6 Å².